The van der Waals surface area contributed by atoms with Crippen molar-refractivity contribution in [3.8, 4) is 0 Å². The van der Waals surface area contributed by atoms with Crippen LogP contribution in [0, 0.1) is 5.82 Å². The standard InChI is InChI=1S/C18H21FN4O2/c19-13-5-3-12(4-6-13)16-15-14(20-18(25)21-16)11-23(17(15)24)10-9-22-7-1-2-8-22/h3-6,16H,1-2,7-11H2,(H2,20,21,25). The number of urea groups is 1. The summed E-state index contributed by atoms with van der Waals surface area (Å²) in [4.78, 5) is 29.0. The highest BCUT2D eigenvalue weighted by atomic mass is 19.1. The van der Waals surface area contributed by atoms with E-state index in [9.17, 15) is 14.0 Å². The van der Waals surface area contributed by atoms with Crippen molar-refractivity contribution in [2.75, 3.05) is 32.7 Å². The van der Waals surface area contributed by atoms with Crippen molar-refractivity contribution < 1.29 is 14.0 Å². The highest BCUT2D eigenvalue weighted by Crippen LogP contribution is 2.32. The van der Waals surface area contributed by atoms with E-state index in [4.69, 9.17) is 0 Å². The Bertz CT molecular complexity index is 725. The van der Waals surface area contributed by atoms with Crippen molar-refractivity contribution in [3.05, 3.63) is 46.9 Å². The highest BCUT2D eigenvalue weighted by Gasteiger charge is 2.40. The number of rotatable bonds is 4. The molecule has 1 aromatic carbocycles. The van der Waals surface area contributed by atoms with Crippen molar-refractivity contribution in [1.82, 2.24) is 20.4 Å². The second kappa shape index (κ2) is 6.48. The summed E-state index contributed by atoms with van der Waals surface area (Å²) in [6.07, 6.45) is 2.44. The van der Waals surface area contributed by atoms with E-state index in [2.05, 4.69) is 15.5 Å². The molecule has 3 amide bonds. The number of amides is 3. The molecule has 0 bridgehead atoms. The van der Waals surface area contributed by atoms with Crippen LogP contribution < -0.4 is 10.6 Å². The van der Waals surface area contributed by atoms with Gasteiger partial charge in [-0.2, -0.15) is 0 Å². The van der Waals surface area contributed by atoms with Crippen molar-refractivity contribution in [2.24, 2.45) is 0 Å². The minimum absolute atomic E-state index is 0.0592. The minimum Gasteiger partial charge on any atom is -0.332 e. The first kappa shape index (κ1) is 16.1. The maximum atomic E-state index is 13.2. The van der Waals surface area contributed by atoms with E-state index >= 15 is 0 Å². The maximum absolute atomic E-state index is 13.2. The van der Waals surface area contributed by atoms with Crippen LogP contribution in [0.2, 0.25) is 0 Å². The Hall–Kier alpha value is -2.41. The number of hydrogen-bond donors (Lipinski definition) is 2. The largest absolute Gasteiger partial charge is 0.332 e. The Morgan fingerprint density at radius 1 is 1.08 bits per heavy atom. The Morgan fingerprint density at radius 3 is 2.52 bits per heavy atom. The third-order valence-electron chi connectivity index (χ3n) is 5.11. The summed E-state index contributed by atoms with van der Waals surface area (Å²) in [6, 6.07) is 5.03. The fraction of sp³-hybridized carbons (Fsp3) is 0.444. The first-order chi connectivity index (χ1) is 12.1. The van der Waals surface area contributed by atoms with Crippen LogP contribution in [0.15, 0.2) is 35.5 Å². The molecule has 0 saturated carbocycles. The third-order valence-corrected chi connectivity index (χ3v) is 5.11. The summed E-state index contributed by atoms with van der Waals surface area (Å²) in [5.41, 5.74) is 1.93. The van der Waals surface area contributed by atoms with Crippen LogP contribution >= 0.6 is 0 Å². The van der Waals surface area contributed by atoms with E-state index in [-0.39, 0.29) is 17.8 Å². The lowest BCUT2D eigenvalue weighted by Crippen LogP contribution is -2.44. The molecule has 1 saturated heterocycles. The molecule has 1 fully saturated rings. The number of nitrogens with zero attached hydrogens (tertiary/aromatic N) is 2. The zero-order valence-electron chi connectivity index (χ0n) is 13.9. The number of halogens is 1. The molecule has 7 heteroatoms. The van der Waals surface area contributed by atoms with E-state index in [1.165, 1.54) is 25.0 Å². The van der Waals surface area contributed by atoms with E-state index in [1.807, 2.05) is 0 Å². The van der Waals surface area contributed by atoms with E-state index in [0.29, 0.717) is 29.9 Å². The van der Waals surface area contributed by atoms with Gasteiger partial charge in [0.15, 0.2) is 0 Å². The van der Waals surface area contributed by atoms with Crippen LogP contribution in [0.25, 0.3) is 0 Å². The molecule has 0 radical (unpaired) electrons. The van der Waals surface area contributed by atoms with Crippen LogP contribution in [0.4, 0.5) is 9.18 Å². The molecule has 3 aliphatic heterocycles. The van der Waals surface area contributed by atoms with Crippen molar-refractivity contribution in [2.45, 2.75) is 18.9 Å². The normalized spacial score (nSPS) is 23.7. The van der Waals surface area contributed by atoms with Gasteiger partial charge in [-0.3, -0.25) is 4.79 Å². The summed E-state index contributed by atoms with van der Waals surface area (Å²) < 4.78 is 13.2. The van der Waals surface area contributed by atoms with Crippen LogP contribution in [-0.2, 0) is 4.79 Å². The van der Waals surface area contributed by atoms with Crippen molar-refractivity contribution in [3.63, 3.8) is 0 Å². The SMILES string of the molecule is O=C1NC2=C(C(=O)N(CCN3CCCC3)C2)C(c2ccc(F)cc2)N1. The molecule has 3 heterocycles. The smallest absolute Gasteiger partial charge is 0.319 e. The summed E-state index contributed by atoms with van der Waals surface area (Å²) in [7, 11) is 0. The molecule has 0 aliphatic carbocycles. The minimum atomic E-state index is -0.534. The van der Waals surface area contributed by atoms with Gasteiger partial charge in [-0.05, 0) is 43.6 Å². The van der Waals surface area contributed by atoms with Gasteiger partial charge in [-0.25, -0.2) is 9.18 Å². The Kier molecular flexibility index (Phi) is 4.17. The van der Waals surface area contributed by atoms with Gasteiger partial charge >= 0.3 is 6.03 Å². The molecule has 1 aromatic rings. The Labute approximate surface area is 145 Å². The monoisotopic (exact) mass is 344 g/mol. The quantitative estimate of drug-likeness (QED) is 0.867. The topological polar surface area (TPSA) is 64.7 Å². The van der Waals surface area contributed by atoms with Crippen molar-refractivity contribution >= 4 is 11.9 Å². The van der Waals surface area contributed by atoms with Gasteiger partial charge in [0.1, 0.15) is 5.82 Å². The first-order valence-corrected chi connectivity index (χ1v) is 8.69. The summed E-state index contributed by atoms with van der Waals surface area (Å²) in [5.74, 6) is -0.403. The summed E-state index contributed by atoms with van der Waals surface area (Å²) in [6.45, 7) is 4.11. The second-order valence-corrected chi connectivity index (χ2v) is 6.75. The van der Waals surface area contributed by atoms with Gasteiger partial charge in [0.2, 0.25) is 0 Å². The zero-order chi connectivity index (χ0) is 17.4. The Balaban J connectivity index is 1.52. The van der Waals surface area contributed by atoms with Crippen molar-refractivity contribution in [1.29, 1.82) is 0 Å². The van der Waals surface area contributed by atoms with Crippen LogP contribution in [-0.4, -0.2) is 54.5 Å². The van der Waals surface area contributed by atoms with Crippen LogP contribution in [0.1, 0.15) is 24.4 Å². The molecular weight excluding hydrogens is 323 g/mol. The lowest BCUT2D eigenvalue weighted by Gasteiger charge is -2.25. The number of carbonyl (C=O) groups excluding carboxylic acids is 2. The molecule has 0 spiro atoms. The lowest BCUT2D eigenvalue weighted by molar-refractivity contribution is -0.126. The number of likely N-dealkylation sites (tertiary alicyclic amines) is 1. The lowest BCUT2D eigenvalue weighted by atomic mass is 9.96. The van der Waals surface area contributed by atoms with Gasteiger partial charge in [-0.15, -0.1) is 0 Å². The number of nitrogens with one attached hydrogen (secondary N) is 2. The average Bonchev–Trinajstić information content (AvgIpc) is 3.21. The number of benzene rings is 1. The predicted molar refractivity (Wildman–Crippen MR) is 90.1 cm³/mol. The van der Waals surface area contributed by atoms with E-state index in [0.717, 1.165) is 19.6 Å². The van der Waals surface area contributed by atoms with Gasteiger partial charge < -0.3 is 20.4 Å². The third kappa shape index (κ3) is 3.11. The van der Waals surface area contributed by atoms with E-state index < -0.39 is 6.04 Å². The molecule has 3 aliphatic rings. The molecule has 4 rings (SSSR count). The van der Waals surface area contributed by atoms with Crippen LogP contribution in [0.3, 0.4) is 0 Å². The van der Waals surface area contributed by atoms with Gasteiger partial charge in [0.05, 0.1) is 23.9 Å². The molecule has 2 N–H and O–H groups in total. The molecular formula is C18H21FN4O2. The highest BCUT2D eigenvalue weighted by molar-refractivity contribution is 6.01. The molecule has 6 nitrogen and oxygen atoms in total. The maximum Gasteiger partial charge on any atom is 0.319 e. The van der Waals surface area contributed by atoms with E-state index in [1.54, 1.807) is 17.0 Å². The van der Waals surface area contributed by atoms with Gasteiger partial charge in [0, 0.05) is 13.1 Å². The van der Waals surface area contributed by atoms with Crippen LogP contribution in [0.5, 0.6) is 0 Å². The number of carbonyl (C=O) groups is 2. The number of hydrogen-bond acceptors (Lipinski definition) is 3. The fourth-order valence-electron chi connectivity index (χ4n) is 3.78. The zero-order valence-corrected chi connectivity index (χ0v) is 13.9. The van der Waals surface area contributed by atoms with Gasteiger partial charge in [0.25, 0.3) is 5.91 Å². The first-order valence-electron chi connectivity index (χ1n) is 8.69. The fourth-order valence-corrected chi connectivity index (χ4v) is 3.78. The summed E-state index contributed by atoms with van der Waals surface area (Å²) in [5, 5.41) is 5.54. The molecule has 1 unspecified atom stereocenters. The summed E-state index contributed by atoms with van der Waals surface area (Å²) >= 11 is 0. The molecule has 1 atom stereocenters. The second-order valence-electron chi connectivity index (χ2n) is 6.75. The Morgan fingerprint density at radius 2 is 1.80 bits per heavy atom. The predicted octanol–water partition coefficient (Wildman–Crippen LogP) is 1.37. The molecule has 132 valence electrons. The molecule has 0 aromatic heterocycles. The van der Waals surface area contributed by atoms with Gasteiger partial charge in [-0.1, -0.05) is 12.1 Å². The average molecular weight is 344 g/mol. The molecule has 25 heavy (non-hydrogen) atoms.